The zero-order valence-corrected chi connectivity index (χ0v) is 12.9. The van der Waals surface area contributed by atoms with E-state index in [-0.39, 0.29) is 24.7 Å². The highest BCUT2D eigenvalue weighted by Crippen LogP contribution is 2.15. The van der Waals surface area contributed by atoms with Crippen LogP contribution in [0.25, 0.3) is 0 Å². The second-order valence-electron chi connectivity index (χ2n) is 4.94. The first-order valence-electron chi connectivity index (χ1n) is 7.19. The lowest BCUT2D eigenvalue weighted by atomic mass is 10.1. The summed E-state index contributed by atoms with van der Waals surface area (Å²) in [5, 5.41) is 5.13. The minimum atomic E-state index is -0.997. The molecule has 0 unspecified atom stereocenters. The number of rotatable bonds is 6. The molecule has 0 radical (unpaired) electrons. The highest BCUT2D eigenvalue weighted by Gasteiger charge is 2.05. The van der Waals surface area contributed by atoms with Gasteiger partial charge in [-0.1, -0.05) is 12.1 Å². The van der Waals surface area contributed by atoms with Crippen molar-refractivity contribution in [2.24, 2.45) is 0 Å². The van der Waals surface area contributed by atoms with E-state index in [1.54, 1.807) is 24.3 Å². The molecule has 0 fully saturated rings. The maximum absolute atomic E-state index is 13.0. The number of hydrogen-bond donors (Lipinski definition) is 2. The predicted molar refractivity (Wildman–Crippen MR) is 85.3 cm³/mol. The number of anilines is 1. The van der Waals surface area contributed by atoms with Gasteiger partial charge in [-0.3, -0.25) is 4.79 Å². The van der Waals surface area contributed by atoms with Crippen LogP contribution in [-0.4, -0.2) is 25.0 Å². The largest absolute Gasteiger partial charge is 0.492 e. The quantitative estimate of drug-likeness (QED) is 0.629. The molecule has 0 bridgehead atoms. The summed E-state index contributed by atoms with van der Waals surface area (Å²) in [6.45, 7) is 1.69. The molecule has 0 saturated carbocycles. The molecule has 0 saturated heterocycles. The molecule has 2 N–H and O–H groups in total. The minimum Gasteiger partial charge on any atom is -0.492 e. The molecule has 2 rings (SSSR count). The monoisotopic (exact) mass is 334 g/mol. The molecular weight excluding hydrogens is 318 g/mol. The van der Waals surface area contributed by atoms with Crippen molar-refractivity contribution in [3.8, 4) is 5.75 Å². The summed E-state index contributed by atoms with van der Waals surface area (Å²) in [4.78, 5) is 23.0. The zero-order valence-electron chi connectivity index (χ0n) is 12.9. The van der Waals surface area contributed by atoms with Gasteiger partial charge in [0.1, 0.15) is 12.4 Å². The van der Waals surface area contributed by atoms with Crippen molar-refractivity contribution < 1.29 is 23.1 Å². The number of benzene rings is 2. The van der Waals surface area contributed by atoms with E-state index in [1.165, 1.54) is 13.0 Å². The fraction of sp³-hybridized carbons (Fsp3) is 0.176. The SMILES string of the molecule is CC(=O)c1cccc(NC(=O)NCCOc2ccc(F)c(F)c2)c1. The van der Waals surface area contributed by atoms with Crippen molar-refractivity contribution in [1.82, 2.24) is 5.32 Å². The Morgan fingerprint density at radius 3 is 2.58 bits per heavy atom. The number of carbonyl (C=O) groups excluding carboxylic acids is 2. The molecule has 0 atom stereocenters. The van der Waals surface area contributed by atoms with E-state index >= 15 is 0 Å². The number of halogens is 2. The van der Waals surface area contributed by atoms with E-state index < -0.39 is 17.7 Å². The summed E-state index contributed by atoms with van der Waals surface area (Å²) in [6.07, 6.45) is 0. The van der Waals surface area contributed by atoms with Crippen LogP contribution in [0.5, 0.6) is 5.75 Å². The molecule has 126 valence electrons. The third-order valence-corrected chi connectivity index (χ3v) is 3.07. The molecule has 24 heavy (non-hydrogen) atoms. The molecule has 2 aromatic carbocycles. The summed E-state index contributed by atoms with van der Waals surface area (Å²) in [6, 6.07) is 9.27. The van der Waals surface area contributed by atoms with Crippen LogP contribution >= 0.6 is 0 Å². The first-order chi connectivity index (χ1) is 11.5. The van der Waals surface area contributed by atoms with Gasteiger partial charge in [-0.25, -0.2) is 13.6 Å². The van der Waals surface area contributed by atoms with Gasteiger partial charge in [0.15, 0.2) is 17.4 Å². The van der Waals surface area contributed by atoms with Crippen LogP contribution in [0, 0.1) is 11.6 Å². The van der Waals surface area contributed by atoms with Gasteiger partial charge in [0.2, 0.25) is 0 Å². The summed E-state index contributed by atoms with van der Waals surface area (Å²) in [5.41, 5.74) is 0.983. The van der Waals surface area contributed by atoms with Crippen molar-refractivity contribution in [2.45, 2.75) is 6.92 Å². The van der Waals surface area contributed by atoms with Gasteiger partial charge in [-0.05, 0) is 31.2 Å². The standard InChI is InChI=1S/C17H16F2N2O3/c1-11(22)12-3-2-4-13(9-12)21-17(23)20-7-8-24-14-5-6-15(18)16(19)10-14/h2-6,9-10H,7-8H2,1H3,(H2,20,21,23). The van der Waals surface area contributed by atoms with Crippen molar-refractivity contribution in [3.63, 3.8) is 0 Å². The highest BCUT2D eigenvalue weighted by molar-refractivity contribution is 5.96. The first-order valence-corrected chi connectivity index (χ1v) is 7.19. The lowest BCUT2D eigenvalue weighted by molar-refractivity contribution is 0.101. The Morgan fingerprint density at radius 1 is 1.08 bits per heavy atom. The molecule has 5 nitrogen and oxygen atoms in total. The second kappa shape index (κ2) is 8.05. The van der Waals surface area contributed by atoms with Gasteiger partial charge in [-0.15, -0.1) is 0 Å². The Morgan fingerprint density at radius 2 is 1.88 bits per heavy atom. The van der Waals surface area contributed by atoms with Crippen LogP contribution in [0.1, 0.15) is 17.3 Å². The summed E-state index contributed by atoms with van der Waals surface area (Å²) in [5.74, 6) is -1.87. The van der Waals surface area contributed by atoms with Gasteiger partial charge in [-0.2, -0.15) is 0 Å². The van der Waals surface area contributed by atoms with Crippen LogP contribution in [0.15, 0.2) is 42.5 Å². The molecule has 0 aliphatic heterocycles. The van der Waals surface area contributed by atoms with Crippen LogP contribution in [0.4, 0.5) is 19.3 Å². The number of carbonyl (C=O) groups is 2. The molecule has 2 amide bonds. The first kappa shape index (κ1) is 17.4. The maximum atomic E-state index is 13.0. The van der Waals surface area contributed by atoms with E-state index in [1.807, 2.05) is 0 Å². The maximum Gasteiger partial charge on any atom is 0.319 e. The molecule has 0 heterocycles. The second-order valence-corrected chi connectivity index (χ2v) is 4.94. The number of amides is 2. The van der Waals surface area contributed by atoms with Crippen molar-refractivity contribution >= 4 is 17.5 Å². The molecule has 0 aliphatic carbocycles. The lowest BCUT2D eigenvalue weighted by Crippen LogP contribution is -2.32. The number of ether oxygens (including phenoxy) is 1. The topological polar surface area (TPSA) is 67.4 Å². The summed E-state index contributed by atoms with van der Waals surface area (Å²) < 4.78 is 31.0. The molecule has 7 heteroatoms. The molecule has 2 aromatic rings. The van der Waals surface area contributed by atoms with E-state index in [4.69, 9.17) is 4.74 Å². The summed E-state index contributed by atoms with van der Waals surface area (Å²) >= 11 is 0. The predicted octanol–water partition coefficient (Wildman–Crippen LogP) is 3.37. The van der Waals surface area contributed by atoms with Crippen molar-refractivity contribution in [2.75, 3.05) is 18.5 Å². The van der Waals surface area contributed by atoms with Crippen LogP contribution in [0.2, 0.25) is 0 Å². The number of nitrogens with one attached hydrogen (secondary N) is 2. The fourth-order valence-corrected chi connectivity index (χ4v) is 1.89. The third-order valence-electron chi connectivity index (χ3n) is 3.07. The Hall–Kier alpha value is -2.96. The average molecular weight is 334 g/mol. The van der Waals surface area contributed by atoms with Crippen LogP contribution in [0.3, 0.4) is 0 Å². The normalized spacial score (nSPS) is 10.1. The van der Waals surface area contributed by atoms with Crippen LogP contribution in [-0.2, 0) is 0 Å². The lowest BCUT2D eigenvalue weighted by Gasteiger charge is -2.10. The Balaban J connectivity index is 1.76. The number of urea groups is 1. The summed E-state index contributed by atoms with van der Waals surface area (Å²) in [7, 11) is 0. The third kappa shape index (κ3) is 5.05. The number of ketones is 1. The van der Waals surface area contributed by atoms with Gasteiger partial charge < -0.3 is 15.4 Å². The van der Waals surface area contributed by atoms with Gasteiger partial charge in [0, 0.05) is 17.3 Å². The van der Waals surface area contributed by atoms with E-state index in [2.05, 4.69) is 10.6 Å². The Kier molecular flexibility index (Phi) is 5.83. The number of Topliss-reactive ketones (excluding diaryl/α,β-unsaturated/α-hetero) is 1. The molecule has 0 aromatic heterocycles. The molecular formula is C17H16F2N2O3. The van der Waals surface area contributed by atoms with Crippen molar-refractivity contribution in [1.29, 1.82) is 0 Å². The Labute approximate surface area is 137 Å². The molecule has 0 spiro atoms. The van der Waals surface area contributed by atoms with E-state index in [9.17, 15) is 18.4 Å². The fourth-order valence-electron chi connectivity index (χ4n) is 1.89. The van der Waals surface area contributed by atoms with E-state index in [0.29, 0.717) is 11.3 Å². The average Bonchev–Trinajstić information content (AvgIpc) is 2.55. The van der Waals surface area contributed by atoms with Gasteiger partial charge in [0.05, 0.1) is 6.54 Å². The minimum absolute atomic E-state index is 0.0893. The Bertz CT molecular complexity index is 750. The number of hydrogen-bond acceptors (Lipinski definition) is 3. The van der Waals surface area contributed by atoms with Crippen molar-refractivity contribution in [3.05, 3.63) is 59.7 Å². The zero-order chi connectivity index (χ0) is 17.5. The van der Waals surface area contributed by atoms with Crippen LogP contribution < -0.4 is 15.4 Å². The molecule has 0 aliphatic rings. The van der Waals surface area contributed by atoms with Gasteiger partial charge >= 0.3 is 6.03 Å². The highest BCUT2D eigenvalue weighted by atomic mass is 19.2. The van der Waals surface area contributed by atoms with Gasteiger partial charge in [0.25, 0.3) is 0 Å². The smallest absolute Gasteiger partial charge is 0.319 e. The van der Waals surface area contributed by atoms with E-state index in [0.717, 1.165) is 12.1 Å².